The van der Waals surface area contributed by atoms with Crippen molar-refractivity contribution in [1.82, 2.24) is 4.98 Å². The second-order valence-electron chi connectivity index (χ2n) is 3.97. The number of benzene rings is 1. The van der Waals surface area contributed by atoms with Gasteiger partial charge in [0.25, 0.3) is 0 Å². The van der Waals surface area contributed by atoms with Gasteiger partial charge in [-0.05, 0) is 24.1 Å². The van der Waals surface area contributed by atoms with E-state index in [0.29, 0.717) is 5.88 Å². The van der Waals surface area contributed by atoms with Gasteiger partial charge in [0.2, 0.25) is 5.88 Å². The maximum atomic E-state index is 5.96. The summed E-state index contributed by atoms with van der Waals surface area (Å²) in [5.74, 6) is 0.618. The van der Waals surface area contributed by atoms with Crippen LogP contribution in [0.5, 0.6) is 5.88 Å². The fraction of sp³-hybridized carbons (Fsp3) is 0.214. The Morgan fingerprint density at radius 1 is 1.18 bits per heavy atom. The molecule has 1 unspecified atom stereocenters. The van der Waals surface area contributed by atoms with E-state index in [1.165, 1.54) is 0 Å². The molecule has 0 spiro atoms. The number of nitrogens with zero attached hydrogens (tertiary/aromatic N) is 1. The van der Waals surface area contributed by atoms with Crippen LogP contribution in [0.2, 0.25) is 0 Å². The molecule has 0 radical (unpaired) electrons. The second-order valence-corrected chi connectivity index (χ2v) is 3.97. The minimum atomic E-state index is 0.00769. The Morgan fingerprint density at radius 2 is 1.94 bits per heavy atom. The minimum absolute atomic E-state index is 0.00769. The SMILES string of the molecule is COc1ccc(-c2ccccc2C(C)N)cn1. The standard InChI is InChI=1S/C14H16N2O/c1-10(15)12-5-3-4-6-13(12)11-7-8-14(17-2)16-9-11/h3-10H,15H2,1-2H3. The summed E-state index contributed by atoms with van der Waals surface area (Å²) in [5.41, 5.74) is 9.26. The van der Waals surface area contributed by atoms with E-state index in [2.05, 4.69) is 11.1 Å². The molecule has 3 nitrogen and oxygen atoms in total. The first-order valence-corrected chi connectivity index (χ1v) is 5.57. The summed E-state index contributed by atoms with van der Waals surface area (Å²) in [7, 11) is 1.61. The highest BCUT2D eigenvalue weighted by molar-refractivity contribution is 5.67. The van der Waals surface area contributed by atoms with E-state index in [4.69, 9.17) is 10.5 Å². The van der Waals surface area contributed by atoms with Crippen molar-refractivity contribution in [1.29, 1.82) is 0 Å². The molecule has 0 amide bonds. The highest BCUT2D eigenvalue weighted by Crippen LogP contribution is 2.27. The van der Waals surface area contributed by atoms with Crippen LogP contribution >= 0.6 is 0 Å². The van der Waals surface area contributed by atoms with Crippen molar-refractivity contribution in [3.05, 3.63) is 48.2 Å². The first-order chi connectivity index (χ1) is 8.22. The Morgan fingerprint density at radius 3 is 2.53 bits per heavy atom. The number of hydrogen-bond acceptors (Lipinski definition) is 3. The molecule has 0 fully saturated rings. The molecular formula is C14H16N2O. The van der Waals surface area contributed by atoms with Crippen LogP contribution in [-0.2, 0) is 0 Å². The Kier molecular flexibility index (Phi) is 3.40. The van der Waals surface area contributed by atoms with Gasteiger partial charge in [-0.1, -0.05) is 24.3 Å². The molecule has 17 heavy (non-hydrogen) atoms. The lowest BCUT2D eigenvalue weighted by atomic mass is 9.97. The highest BCUT2D eigenvalue weighted by atomic mass is 16.5. The molecule has 0 bridgehead atoms. The zero-order valence-corrected chi connectivity index (χ0v) is 10.1. The Hall–Kier alpha value is -1.87. The third-order valence-corrected chi connectivity index (χ3v) is 2.71. The number of ether oxygens (including phenoxy) is 1. The average molecular weight is 228 g/mol. The van der Waals surface area contributed by atoms with Crippen molar-refractivity contribution in [2.45, 2.75) is 13.0 Å². The molecule has 2 aromatic rings. The number of nitrogens with two attached hydrogens (primary N) is 1. The van der Waals surface area contributed by atoms with Crippen LogP contribution in [0.15, 0.2) is 42.6 Å². The quantitative estimate of drug-likeness (QED) is 0.878. The van der Waals surface area contributed by atoms with E-state index in [1.807, 2.05) is 37.3 Å². The lowest BCUT2D eigenvalue weighted by molar-refractivity contribution is 0.398. The normalized spacial score (nSPS) is 12.2. The van der Waals surface area contributed by atoms with Gasteiger partial charge in [-0.15, -0.1) is 0 Å². The molecular weight excluding hydrogens is 212 g/mol. The molecule has 3 heteroatoms. The Balaban J connectivity index is 2.45. The molecule has 1 atom stereocenters. The van der Waals surface area contributed by atoms with E-state index < -0.39 is 0 Å². The van der Waals surface area contributed by atoms with Crippen molar-refractivity contribution in [3.63, 3.8) is 0 Å². The summed E-state index contributed by atoms with van der Waals surface area (Å²) in [6.07, 6.45) is 1.81. The van der Waals surface area contributed by atoms with E-state index in [0.717, 1.165) is 16.7 Å². The van der Waals surface area contributed by atoms with Crippen molar-refractivity contribution in [2.24, 2.45) is 5.73 Å². The summed E-state index contributed by atoms with van der Waals surface area (Å²) in [6.45, 7) is 1.98. The molecule has 0 aliphatic carbocycles. The minimum Gasteiger partial charge on any atom is -0.481 e. The fourth-order valence-corrected chi connectivity index (χ4v) is 1.82. The van der Waals surface area contributed by atoms with Crippen LogP contribution in [-0.4, -0.2) is 12.1 Å². The van der Waals surface area contributed by atoms with Crippen LogP contribution in [0.3, 0.4) is 0 Å². The fourth-order valence-electron chi connectivity index (χ4n) is 1.82. The monoisotopic (exact) mass is 228 g/mol. The van der Waals surface area contributed by atoms with Crippen molar-refractivity contribution in [3.8, 4) is 17.0 Å². The molecule has 0 saturated carbocycles. The van der Waals surface area contributed by atoms with Gasteiger partial charge in [-0.3, -0.25) is 0 Å². The van der Waals surface area contributed by atoms with Crippen LogP contribution in [0.4, 0.5) is 0 Å². The molecule has 2 rings (SSSR count). The summed E-state index contributed by atoms with van der Waals surface area (Å²) in [4.78, 5) is 4.21. The lowest BCUT2D eigenvalue weighted by Crippen LogP contribution is -2.06. The van der Waals surface area contributed by atoms with Gasteiger partial charge >= 0.3 is 0 Å². The third kappa shape index (κ3) is 2.45. The highest BCUT2D eigenvalue weighted by Gasteiger charge is 2.08. The Labute approximate surface area is 101 Å². The molecule has 1 heterocycles. The number of methoxy groups -OCH3 is 1. The van der Waals surface area contributed by atoms with Crippen molar-refractivity contribution in [2.75, 3.05) is 7.11 Å². The summed E-state index contributed by atoms with van der Waals surface area (Å²) in [5, 5.41) is 0. The summed E-state index contributed by atoms with van der Waals surface area (Å²) < 4.78 is 5.05. The van der Waals surface area contributed by atoms with Gasteiger partial charge in [0.05, 0.1) is 7.11 Å². The van der Waals surface area contributed by atoms with Gasteiger partial charge in [-0.2, -0.15) is 0 Å². The summed E-state index contributed by atoms with van der Waals surface area (Å²) >= 11 is 0. The lowest BCUT2D eigenvalue weighted by Gasteiger charge is -2.12. The molecule has 1 aromatic carbocycles. The smallest absolute Gasteiger partial charge is 0.212 e. The van der Waals surface area contributed by atoms with E-state index >= 15 is 0 Å². The van der Waals surface area contributed by atoms with Crippen LogP contribution in [0, 0.1) is 0 Å². The number of rotatable bonds is 3. The van der Waals surface area contributed by atoms with Gasteiger partial charge in [0.1, 0.15) is 0 Å². The van der Waals surface area contributed by atoms with Gasteiger partial charge < -0.3 is 10.5 Å². The topological polar surface area (TPSA) is 48.1 Å². The first-order valence-electron chi connectivity index (χ1n) is 5.57. The molecule has 88 valence electrons. The van der Waals surface area contributed by atoms with E-state index in [1.54, 1.807) is 13.3 Å². The predicted molar refractivity (Wildman–Crippen MR) is 68.8 cm³/mol. The largest absolute Gasteiger partial charge is 0.481 e. The molecule has 0 saturated heterocycles. The second kappa shape index (κ2) is 4.97. The van der Waals surface area contributed by atoms with E-state index in [-0.39, 0.29) is 6.04 Å². The van der Waals surface area contributed by atoms with E-state index in [9.17, 15) is 0 Å². The van der Waals surface area contributed by atoms with Crippen LogP contribution < -0.4 is 10.5 Å². The van der Waals surface area contributed by atoms with Gasteiger partial charge in [-0.25, -0.2) is 4.98 Å². The molecule has 1 aromatic heterocycles. The maximum absolute atomic E-state index is 5.96. The van der Waals surface area contributed by atoms with Crippen molar-refractivity contribution < 1.29 is 4.74 Å². The van der Waals surface area contributed by atoms with Gasteiger partial charge in [0.15, 0.2) is 0 Å². The zero-order valence-electron chi connectivity index (χ0n) is 10.1. The number of hydrogen-bond donors (Lipinski definition) is 1. The Bertz CT molecular complexity index is 492. The number of pyridine rings is 1. The van der Waals surface area contributed by atoms with Crippen LogP contribution in [0.1, 0.15) is 18.5 Å². The average Bonchev–Trinajstić information content (AvgIpc) is 2.39. The summed E-state index contributed by atoms with van der Waals surface area (Å²) in [6, 6.07) is 12.0. The van der Waals surface area contributed by atoms with Gasteiger partial charge in [0, 0.05) is 23.9 Å². The molecule has 2 N–H and O–H groups in total. The van der Waals surface area contributed by atoms with Crippen molar-refractivity contribution >= 4 is 0 Å². The van der Waals surface area contributed by atoms with Crippen LogP contribution in [0.25, 0.3) is 11.1 Å². The molecule has 0 aliphatic heterocycles. The zero-order chi connectivity index (χ0) is 12.3. The number of aromatic nitrogens is 1. The third-order valence-electron chi connectivity index (χ3n) is 2.71. The predicted octanol–water partition coefficient (Wildman–Crippen LogP) is 2.78. The molecule has 0 aliphatic rings. The first kappa shape index (κ1) is 11.6. The maximum Gasteiger partial charge on any atom is 0.212 e.